The van der Waals surface area contributed by atoms with Gasteiger partial charge in [0, 0.05) is 6.54 Å². The summed E-state index contributed by atoms with van der Waals surface area (Å²) in [5, 5.41) is 2.75. The zero-order valence-corrected chi connectivity index (χ0v) is 12.3. The van der Waals surface area contributed by atoms with Crippen LogP contribution < -0.4 is 10.2 Å². The lowest BCUT2D eigenvalue weighted by molar-refractivity contribution is -0.120. The zero-order chi connectivity index (χ0) is 14.7. The van der Waals surface area contributed by atoms with Crippen molar-refractivity contribution in [2.45, 2.75) is 39.7 Å². The Morgan fingerprint density at radius 1 is 1.25 bits per heavy atom. The van der Waals surface area contributed by atoms with Crippen molar-refractivity contribution in [3.63, 3.8) is 0 Å². The molecule has 2 rings (SSSR count). The summed E-state index contributed by atoms with van der Waals surface area (Å²) >= 11 is 0. The Hall–Kier alpha value is -1.84. The third kappa shape index (κ3) is 3.00. The lowest BCUT2D eigenvalue weighted by atomic mass is 10.1. The van der Waals surface area contributed by atoms with E-state index >= 15 is 0 Å². The maximum absolute atomic E-state index is 12.4. The topological polar surface area (TPSA) is 49.4 Å². The number of hydrogen-bond acceptors (Lipinski definition) is 2. The van der Waals surface area contributed by atoms with Crippen LogP contribution in [0.4, 0.5) is 5.69 Å². The van der Waals surface area contributed by atoms with Crippen molar-refractivity contribution >= 4 is 17.5 Å². The smallest absolute Gasteiger partial charge is 0.254 e. The molecule has 1 aromatic carbocycles. The van der Waals surface area contributed by atoms with Gasteiger partial charge in [0.05, 0.1) is 11.3 Å². The molecule has 0 bridgehead atoms. The fourth-order valence-corrected chi connectivity index (χ4v) is 2.48. The van der Waals surface area contributed by atoms with Gasteiger partial charge >= 0.3 is 0 Å². The highest BCUT2D eigenvalue weighted by Crippen LogP contribution is 2.24. The van der Waals surface area contributed by atoms with Crippen LogP contribution in [0.15, 0.2) is 24.3 Å². The van der Waals surface area contributed by atoms with Gasteiger partial charge in [0.2, 0.25) is 5.91 Å². The fraction of sp³-hybridized carbons (Fsp3) is 0.500. The van der Waals surface area contributed by atoms with Gasteiger partial charge in [-0.25, -0.2) is 0 Å². The molecule has 1 atom stereocenters. The summed E-state index contributed by atoms with van der Waals surface area (Å²) in [5.41, 5.74) is 1.30. The largest absolute Gasteiger partial charge is 0.340 e. The molecule has 1 unspecified atom stereocenters. The first-order chi connectivity index (χ1) is 9.50. The number of carbonyl (C=O) groups excluding carboxylic acids is 2. The molecule has 0 aromatic heterocycles. The van der Waals surface area contributed by atoms with Crippen molar-refractivity contribution in [3.8, 4) is 0 Å². The Balaban J connectivity index is 2.28. The molecule has 0 saturated heterocycles. The third-order valence-corrected chi connectivity index (χ3v) is 3.59. The Morgan fingerprint density at radius 2 is 1.95 bits per heavy atom. The van der Waals surface area contributed by atoms with E-state index in [0.29, 0.717) is 18.0 Å². The van der Waals surface area contributed by atoms with Crippen molar-refractivity contribution in [2.75, 3.05) is 11.4 Å². The number of benzene rings is 1. The summed E-state index contributed by atoms with van der Waals surface area (Å²) < 4.78 is 0. The quantitative estimate of drug-likeness (QED) is 0.917. The summed E-state index contributed by atoms with van der Waals surface area (Å²) in [7, 11) is 0. The van der Waals surface area contributed by atoms with Crippen molar-refractivity contribution in [1.82, 2.24) is 5.32 Å². The Morgan fingerprint density at radius 3 is 2.65 bits per heavy atom. The monoisotopic (exact) mass is 274 g/mol. The second-order valence-electron chi connectivity index (χ2n) is 5.74. The highest BCUT2D eigenvalue weighted by atomic mass is 16.2. The molecule has 20 heavy (non-hydrogen) atoms. The number of amides is 2. The average molecular weight is 274 g/mol. The van der Waals surface area contributed by atoms with Crippen LogP contribution in [0.25, 0.3) is 0 Å². The molecule has 0 saturated carbocycles. The minimum Gasteiger partial charge on any atom is -0.340 e. The molecule has 1 N–H and O–H groups in total. The summed E-state index contributed by atoms with van der Waals surface area (Å²) in [6, 6.07) is 6.83. The minimum atomic E-state index is -0.478. The van der Waals surface area contributed by atoms with Gasteiger partial charge in [-0.1, -0.05) is 26.0 Å². The van der Waals surface area contributed by atoms with Crippen molar-refractivity contribution < 1.29 is 9.59 Å². The van der Waals surface area contributed by atoms with Gasteiger partial charge in [-0.2, -0.15) is 0 Å². The molecule has 1 aliphatic heterocycles. The summed E-state index contributed by atoms with van der Waals surface area (Å²) in [6.45, 7) is 6.74. The fourth-order valence-electron chi connectivity index (χ4n) is 2.48. The molecule has 4 heteroatoms. The van der Waals surface area contributed by atoms with Gasteiger partial charge in [-0.15, -0.1) is 0 Å². The number of nitrogens with one attached hydrogen (secondary N) is 1. The maximum Gasteiger partial charge on any atom is 0.254 e. The Labute approximate surface area is 120 Å². The first-order valence-corrected chi connectivity index (χ1v) is 7.22. The van der Waals surface area contributed by atoms with E-state index < -0.39 is 6.04 Å². The van der Waals surface area contributed by atoms with Crippen LogP contribution in [0.3, 0.4) is 0 Å². The Bertz CT molecular complexity index is 511. The van der Waals surface area contributed by atoms with E-state index in [1.807, 2.05) is 18.2 Å². The van der Waals surface area contributed by atoms with Crippen molar-refractivity contribution in [3.05, 3.63) is 29.8 Å². The highest BCUT2D eigenvalue weighted by molar-refractivity contribution is 6.10. The van der Waals surface area contributed by atoms with Gasteiger partial charge in [0.1, 0.15) is 6.04 Å². The van der Waals surface area contributed by atoms with Gasteiger partial charge in [-0.3, -0.25) is 9.59 Å². The summed E-state index contributed by atoms with van der Waals surface area (Å²) in [6.07, 6.45) is 2.01. The Kier molecular flexibility index (Phi) is 4.42. The standard InChI is InChI=1S/C16H22N2O2/c1-11(2)7-6-10-18-14-9-5-4-8-13(14)15(19)17-12(3)16(18)20/h4-5,8-9,11-12H,6-7,10H2,1-3H3,(H,17,19). The molecule has 0 radical (unpaired) electrons. The number of hydrogen-bond donors (Lipinski definition) is 1. The molecule has 2 amide bonds. The zero-order valence-electron chi connectivity index (χ0n) is 12.3. The SMILES string of the molecule is CC(C)CCCN1C(=O)C(C)NC(=O)c2ccccc21. The molecule has 1 aromatic rings. The molecular formula is C16H22N2O2. The first-order valence-electron chi connectivity index (χ1n) is 7.22. The lowest BCUT2D eigenvalue weighted by Gasteiger charge is -2.24. The van der Waals surface area contributed by atoms with Crippen LogP contribution in [-0.4, -0.2) is 24.4 Å². The molecule has 1 heterocycles. The summed E-state index contributed by atoms with van der Waals surface area (Å²) in [4.78, 5) is 26.3. The number of fused-ring (bicyclic) bond motifs is 1. The minimum absolute atomic E-state index is 0.0351. The third-order valence-electron chi connectivity index (χ3n) is 3.59. The second kappa shape index (κ2) is 6.07. The van der Waals surface area contributed by atoms with Crippen LogP contribution >= 0.6 is 0 Å². The normalized spacial score (nSPS) is 18.8. The van der Waals surface area contributed by atoms with E-state index in [1.54, 1.807) is 17.9 Å². The van der Waals surface area contributed by atoms with Gasteiger partial charge in [0.25, 0.3) is 5.91 Å². The molecular weight excluding hydrogens is 252 g/mol. The van der Waals surface area contributed by atoms with E-state index in [-0.39, 0.29) is 11.8 Å². The van der Waals surface area contributed by atoms with Gasteiger partial charge < -0.3 is 10.2 Å². The van der Waals surface area contributed by atoms with E-state index in [2.05, 4.69) is 19.2 Å². The first kappa shape index (κ1) is 14.6. The van der Waals surface area contributed by atoms with E-state index in [9.17, 15) is 9.59 Å². The van der Waals surface area contributed by atoms with E-state index in [4.69, 9.17) is 0 Å². The van der Waals surface area contributed by atoms with E-state index in [1.165, 1.54) is 0 Å². The van der Waals surface area contributed by atoms with Crippen LogP contribution in [0.1, 0.15) is 44.0 Å². The molecule has 4 nitrogen and oxygen atoms in total. The van der Waals surface area contributed by atoms with Crippen LogP contribution in [0, 0.1) is 5.92 Å². The van der Waals surface area contributed by atoms with Crippen LogP contribution in [0.5, 0.6) is 0 Å². The number of rotatable bonds is 4. The lowest BCUT2D eigenvalue weighted by Crippen LogP contribution is -2.44. The molecule has 0 spiro atoms. The van der Waals surface area contributed by atoms with E-state index in [0.717, 1.165) is 18.5 Å². The van der Waals surface area contributed by atoms with Crippen molar-refractivity contribution in [1.29, 1.82) is 0 Å². The van der Waals surface area contributed by atoms with Crippen LogP contribution in [-0.2, 0) is 4.79 Å². The number of carbonyl (C=O) groups is 2. The molecule has 0 fully saturated rings. The number of nitrogens with zero attached hydrogens (tertiary/aromatic N) is 1. The van der Waals surface area contributed by atoms with Gasteiger partial charge in [0.15, 0.2) is 0 Å². The van der Waals surface area contributed by atoms with Crippen molar-refractivity contribution in [2.24, 2.45) is 5.92 Å². The predicted octanol–water partition coefficient (Wildman–Crippen LogP) is 2.59. The molecule has 108 valence electrons. The maximum atomic E-state index is 12.4. The number of para-hydroxylation sites is 1. The highest BCUT2D eigenvalue weighted by Gasteiger charge is 2.30. The number of anilines is 1. The molecule has 0 aliphatic carbocycles. The second-order valence-corrected chi connectivity index (χ2v) is 5.74. The summed E-state index contributed by atoms with van der Waals surface area (Å²) in [5.74, 6) is 0.407. The molecule has 1 aliphatic rings. The average Bonchev–Trinajstić information content (AvgIpc) is 2.50. The van der Waals surface area contributed by atoms with Gasteiger partial charge in [-0.05, 0) is 37.8 Å². The van der Waals surface area contributed by atoms with Crippen LogP contribution in [0.2, 0.25) is 0 Å². The predicted molar refractivity (Wildman–Crippen MR) is 79.8 cm³/mol.